The SMILES string of the molecule is CC[C@H](C)N(Cc1nc(-c2ccc(OC)c(OC)c2)no1)C(=O)COc1ccc(I)cc1. The van der Waals surface area contributed by atoms with Gasteiger partial charge in [0.05, 0.1) is 14.2 Å². The van der Waals surface area contributed by atoms with E-state index in [0.29, 0.717) is 29.0 Å². The van der Waals surface area contributed by atoms with Crippen LogP contribution in [0.15, 0.2) is 47.0 Å². The number of hydrogen-bond acceptors (Lipinski definition) is 7. The number of carbonyl (C=O) groups is 1. The van der Waals surface area contributed by atoms with E-state index in [1.54, 1.807) is 31.3 Å². The van der Waals surface area contributed by atoms with Crippen LogP contribution in [0.2, 0.25) is 0 Å². The van der Waals surface area contributed by atoms with Crippen molar-refractivity contribution >= 4 is 28.5 Å². The summed E-state index contributed by atoms with van der Waals surface area (Å²) < 4.78 is 22.8. The monoisotopic (exact) mass is 551 g/mol. The number of ether oxygens (including phenoxy) is 3. The molecule has 0 radical (unpaired) electrons. The van der Waals surface area contributed by atoms with Gasteiger partial charge in [0.15, 0.2) is 18.1 Å². The number of halogens is 1. The first kappa shape index (κ1) is 23.8. The lowest BCUT2D eigenvalue weighted by Crippen LogP contribution is -2.40. The van der Waals surface area contributed by atoms with E-state index in [2.05, 4.69) is 32.7 Å². The molecule has 3 aromatic rings. The molecule has 0 N–H and O–H groups in total. The molecule has 0 saturated carbocycles. The van der Waals surface area contributed by atoms with Crippen LogP contribution in [0.1, 0.15) is 26.2 Å². The molecular weight excluding hydrogens is 525 g/mol. The molecule has 0 saturated heterocycles. The Hall–Kier alpha value is -2.82. The van der Waals surface area contributed by atoms with E-state index < -0.39 is 0 Å². The van der Waals surface area contributed by atoms with Crippen molar-refractivity contribution in [3.63, 3.8) is 0 Å². The first-order valence-electron chi connectivity index (χ1n) is 10.2. The van der Waals surface area contributed by atoms with Crippen molar-refractivity contribution in [3.05, 3.63) is 51.9 Å². The summed E-state index contributed by atoms with van der Waals surface area (Å²) in [5.74, 6) is 2.44. The number of benzene rings is 2. The van der Waals surface area contributed by atoms with E-state index in [1.165, 1.54) is 0 Å². The first-order chi connectivity index (χ1) is 15.4. The zero-order valence-corrected chi connectivity index (χ0v) is 20.7. The maximum Gasteiger partial charge on any atom is 0.261 e. The van der Waals surface area contributed by atoms with E-state index >= 15 is 0 Å². The second-order valence-corrected chi connectivity index (χ2v) is 8.35. The molecule has 32 heavy (non-hydrogen) atoms. The molecular formula is C23H26IN3O5. The smallest absolute Gasteiger partial charge is 0.261 e. The highest BCUT2D eigenvalue weighted by Crippen LogP contribution is 2.31. The normalized spacial score (nSPS) is 11.7. The largest absolute Gasteiger partial charge is 0.493 e. The average molecular weight is 551 g/mol. The molecule has 0 bridgehead atoms. The van der Waals surface area contributed by atoms with Crippen molar-refractivity contribution < 1.29 is 23.5 Å². The quantitative estimate of drug-likeness (QED) is 0.342. The van der Waals surface area contributed by atoms with Crippen molar-refractivity contribution in [3.8, 4) is 28.6 Å². The van der Waals surface area contributed by atoms with Gasteiger partial charge in [-0.25, -0.2) is 0 Å². The summed E-state index contributed by atoms with van der Waals surface area (Å²) >= 11 is 2.22. The fourth-order valence-electron chi connectivity index (χ4n) is 3.03. The van der Waals surface area contributed by atoms with Crippen LogP contribution in [0.25, 0.3) is 11.4 Å². The van der Waals surface area contributed by atoms with Gasteiger partial charge in [-0.3, -0.25) is 4.79 Å². The van der Waals surface area contributed by atoms with Gasteiger partial charge in [0.25, 0.3) is 5.91 Å². The number of hydrogen-bond donors (Lipinski definition) is 0. The van der Waals surface area contributed by atoms with Gasteiger partial charge in [-0.15, -0.1) is 0 Å². The Kier molecular flexibility index (Phi) is 8.32. The Morgan fingerprint density at radius 3 is 2.50 bits per heavy atom. The van der Waals surface area contributed by atoms with Gasteiger partial charge in [-0.1, -0.05) is 12.1 Å². The molecule has 1 aromatic heterocycles. The molecule has 0 aliphatic heterocycles. The van der Waals surface area contributed by atoms with Crippen LogP contribution in [0.5, 0.6) is 17.2 Å². The Bertz CT molecular complexity index is 1040. The van der Waals surface area contributed by atoms with Gasteiger partial charge in [0, 0.05) is 15.2 Å². The van der Waals surface area contributed by atoms with Gasteiger partial charge >= 0.3 is 0 Å². The minimum atomic E-state index is -0.149. The lowest BCUT2D eigenvalue weighted by Gasteiger charge is -2.27. The molecule has 1 atom stereocenters. The molecule has 0 spiro atoms. The van der Waals surface area contributed by atoms with Crippen molar-refractivity contribution in [2.24, 2.45) is 0 Å². The highest BCUT2D eigenvalue weighted by molar-refractivity contribution is 14.1. The Balaban J connectivity index is 1.71. The number of amides is 1. The second kappa shape index (κ2) is 11.2. The molecule has 0 aliphatic rings. The van der Waals surface area contributed by atoms with E-state index in [1.807, 2.05) is 44.2 Å². The summed E-state index contributed by atoms with van der Waals surface area (Å²) in [4.78, 5) is 19.1. The third-order valence-electron chi connectivity index (χ3n) is 5.03. The first-order valence-corrected chi connectivity index (χ1v) is 11.3. The maximum atomic E-state index is 12.9. The van der Waals surface area contributed by atoms with Gasteiger partial charge in [-0.2, -0.15) is 4.98 Å². The van der Waals surface area contributed by atoms with Crippen LogP contribution >= 0.6 is 22.6 Å². The molecule has 1 amide bonds. The summed E-state index contributed by atoms with van der Waals surface area (Å²) in [5, 5.41) is 4.06. The van der Waals surface area contributed by atoms with Crippen molar-refractivity contribution in [2.45, 2.75) is 32.9 Å². The Morgan fingerprint density at radius 1 is 1.12 bits per heavy atom. The standard InChI is InChI=1S/C23H26IN3O5/c1-5-15(2)27(22(28)14-31-18-9-7-17(24)8-10-18)13-21-25-23(26-32-21)16-6-11-19(29-3)20(12-16)30-4/h6-12,15H,5,13-14H2,1-4H3/t15-/m0/s1. The summed E-state index contributed by atoms with van der Waals surface area (Å²) in [6.07, 6.45) is 0.784. The third-order valence-corrected chi connectivity index (χ3v) is 5.75. The molecule has 0 aliphatic carbocycles. The van der Waals surface area contributed by atoms with Gasteiger partial charge in [0.2, 0.25) is 11.7 Å². The number of methoxy groups -OCH3 is 2. The van der Waals surface area contributed by atoms with E-state index in [4.69, 9.17) is 18.7 Å². The maximum absolute atomic E-state index is 12.9. The minimum Gasteiger partial charge on any atom is -0.493 e. The predicted octanol–water partition coefficient (Wildman–Crippen LogP) is 4.56. The van der Waals surface area contributed by atoms with Crippen LogP contribution in [0.4, 0.5) is 0 Å². The van der Waals surface area contributed by atoms with E-state index in [9.17, 15) is 4.79 Å². The predicted molar refractivity (Wildman–Crippen MR) is 128 cm³/mol. The summed E-state index contributed by atoms with van der Waals surface area (Å²) in [7, 11) is 3.14. The fourth-order valence-corrected chi connectivity index (χ4v) is 3.39. The lowest BCUT2D eigenvalue weighted by atomic mass is 10.2. The summed E-state index contributed by atoms with van der Waals surface area (Å²) in [6, 6.07) is 12.9. The van der Waals surface area contributed by atoms with Crippen LogP contribution in [0, 0.1) is 3.57 Å². The zero-order chi connectivity index (χ0) is 23.1. The Morgan fingerprint density at radius 2 is 1.84 bits per heavy atom. The molecule has 0 unspecified atom stereocenters. The van der Waals surface area contributed by atoms with E-state index in [0.717, 1.165) is 15.6 Å². The highest BCUT2D eigenvalue weighted by Gasteiger charge is 2.23. The molecule has 9 heteroatoms. The summed E-state index contributed by atoms with van der Waals surface area (Å²) in [5.41, 5.74) is 0.723. The van der Waals surface area contributed by atoms with Gasteiger partial charge in [0.1, 0.15) is 12.3 Å². The van der Waals surface area contributed by atoms with Crippen LogP contribution in [0.3, 0.4) is 0 Å². The molecule has 1 heterocycles. The van der Waals surface area contributed by atoms with Crippen molar-refractivity contribution in [1.82, 2.24) is 15.0 Å². The fraction of sp³-hybridized carbons (Fsp3) is 0.348. The van der Waals surface area contributed by atoms with Crippen LogP contribution < -0.4 is 14.2 Å². The van der Waals surface area contributed by atoms with Crippen molar-refractivity contribution in [1.29, 1.82) is 0 Å². The topological polar surface area (TPSA) is 86.9 Å². The molecule has 8 nitrogen and oxygen atoms in total. The second-order valence-electron chi connectivity index (χ2n) is 7.10. The minimum absolute atomic E-state index is 0.0146. The highest BCUT2D eigenvalue weighted by atomic mass is 127. The number of rotatable bonds is 10. The molecule has 2 aromatic carbocycles. The zero-order valence-electron chi connectivity index (χ0n) is 18.5. The average Bonchev–Trinajstić information content (AvgIpc) is 3.29. The van der Waals surface area contributed by atoms with Crippen molar-refractivity contribution in [2.75, 3.05) is 20.8 Å². The van der Waals surface area contributed by atoms with Crippen LogP contribution in [-0.4, -0.2) is 47.8 Å². The molecule has 3 rings (SSSR count). The van der Waals surface area contributed by atoms with E-state index in [-0.39, 0.29) is 25.1 Å². The van der Waals surface area contributed by atoms with Gasteiger partial charge in [-0.05, 0) is 78.4 Å². The number of carbonyl (C=O) groups excluding carboxylic acids is 1. The molecule has 0 fully saturated rings. The third kappa shape index (κ3) is 5.90. The Labute approximate surface area is 201 Å². The van der Waals surface area contributed by atoms with Crippen LogP contribution in [-0.2, 0) is 11.3 Å². The number of nitrogens with zero attached hydrogens (tertiary/aromatic N) is 3. The summed E-state index contributed by atoms with van der Waals surface area (Å²) in [6.45, 7) is 4.13. The molecule has 170 valence electrons. The lowest BCUT2D eigenvalue weighted by molar-refractivity contribution is -0.136. The van der Waals surface area contributed by atoms with Gasteiger partial charge < -0.3 is 23.6 Å². The number of aromatic nitrogens is 2.